The van der Waals surface area contributed by atoms with Gasteiger partial charge in [0, 0.05) is 32.7 Å². The molecule has 0 aliphatic heterocycles. The Labute approximate surface area is 102 Å². The predicted molar refractivity (Wildman–Crippen MR) is 67.0 cm³/mol. The molecule has 2 N–H and O–H groups in total. The zero-order valence-electron chi connectivity index (χ0n) is 10.7. The molecular formula is C12H21N3O2. The molecule has 96 valence electrons. The standard InChI is InChI=1S/C12H21N3O2/c1-9(2)6-11-14-10(7-12(16)15-11)8-13-4-5-17-3/h7,9,13H,4-6,8H2,1-3H3,(H,14,15,16). The van der Waals surface area contributed by atoms with Crippen molar-refractivity contribution in [2.24, 2.45) is 5.92 Å². The van der Waals surface area contributed by atoms with Crippen LogP contribution in [-0.2, 0) is 17.7 Å². The van der Waals surface area contributed by atoms with E-state index in [9.17, 15) is 4.79 Å². The van der Waals surface area contributed by atoms with Crippen molar-refractivity contribution >= 4 is 0 Å². The number of H-pyrrole nitrogens is 1. The molecule has 0 radical (unpaired) electrons. The first-order valence-electron chi connectivity index (χ1n) is 5.90. The summed E-state index contributed by atoms with van der Waals surface area (Å²) in [5.41, 5.74) is 0.694. The molecule has 0 atom stereocenters. The second kappa shape index (κ2) is 7.19. The molecule has 0 unspecified atom stereocenters. The Balaban J connectivity index is 2.59. The zero-order chi connectivity index (χ0) is 12.7. The average Bonchev–Trinajstić information content (AvgIpc) is 2.22. The summed E-state index contributed by atoms with van der Waals surface area (Å²) in [6, 6.07) is 1.53. The molecular weight excluding hydrogens is 218 g/mol. The van der Waals surface area contributed by atoms with Crippen molar-refractivity contribution in [1.82, 2.24) is 15.3 Å². The molecule has 5 nitrogen and oxygen atoms in total. The maximum atomic E-state index is 11.4. The first kappa shape index (κ1) is 13.9. The van der Waals surface area contributed by atoms with E-state index in [4.69, 9.17) is 4.74 Å². The second-order valence-electron chi connectivity index (χ2n) is 4.45. The SMILES string of the molecule is COCCNCc1cc(=O)[nH]c(CC(C)C)n1. The van der Waals surface area contributed by atoms with Crippen molar-refractivity contribution in [2.75, 3.05) is 20.3 Å². The summed E-state index contributed by atoms with van der Waals surface area (Å²) in [5, 5.41) is 3.17. The smallest absolute Gasteiger partial charge is 0.251 e. The Hall–Kier alpha value is -1.20. The van der Waals surface area contributed by atoms with E-state index in [-0.39, 0.29) is 5.56 Å². The third-order valence-corrected chi connectivity index (χ3v) is 2.23. The van der Waals surface area contributed by atoms with Crippen LogP contribution < -0.4 is 10.9 Å². The van der Waals surface area contributed by atoms with Crippen LogP contribution in [0.3, 0.4) is 0 Å². The van der Waals surface area contributed by atoms with Gasteiger partial charge >= 0.3 is 0 Å². The van der Waals surface area contributed by atoms with Gasteiger partial charge in [-0.2, -0.15) is 0 Å². The minimum atomic E-state index is -0.0841. The highest BCUT2D eigenvalue weighted by atomic mass is 16.5. The molecule has 1 heterocycles. The Bertz CT molecular complexity index is 388. The summed E-state index contributed by atoms with van der Waals surface area (Å²) in [6.45, 7) is 6.21. The summed E-state index contributed by atoms with van der Waals surface area (Å²) in [6.07, 6.45) is 0.793. The molecule has 0 aromatic carbocycles. The molecule has 17 heavy (non-hydrogen) atoms. The fourth-order valence-corrected chi connectivity index (χ4v) is 1.53. The van der Waals surface area contributed by atoms with Gasteiger partial charge in [-0.05, 0) is 5.92 Å². The molecule has 5 heteroatoms. The molecule has 0 spiro atoms. The fraction of sp³-hybridized carbons (Fsp3) is 0.667. The van der Waals surface area contributed by atoms with Gasteiger partial charge in [0.2, 0.25) is 0 Å². The van der Waals surface area contributed by atoms with Crippen molar-refractivity contribution in [3.8, 4) is 0 Å². The van der Waals surface area contributed by atoms with Gasteiger partial charge in [-0.1, -0.05) is 13.8 Å². The van der Waals surface area contributed by atoms with E-state index in [0.29, 0.717) is 19.1 Å². The number of methoxy groups -OCH3 is 1. The van der Waals surface area contributed by atoms with Crippen LogP contribution >= 0.6 is 0 Å². The maximum absolute atomic E-state index is 11.4. The topological polar surface area (TPSA) is 67.0 Å². The lowest BCUT2D eigenvalue weighted by atomic mass is 10.1. The van der Waals surface area contributed by atoms with E-state index in [1.54, 1.807) is 7.11 Å². The van der Waals surface area contributed by atoms with Gasteiger partial charge in [-0.15, -0.1) is 0 Å². The number of nitrogens with zero attached hydrogens (tertiary/aromatic N) is 1. The van der Waals surface area contributed by atoms with Crippen LogP contribution in [0.15, 0.2) is 10.9 Å². The van der Waals surface area contributed by atoms with E-state index in [1.807, 2.05) is 0 Å². The van der Waals surface area contributed by atoms with Crippen molar-refractivity contribution in [3.05, 3.63) is 27.9 Å². The lowest BCUT2D eigenvalue weighted by molar-refractivity contribution is 0.199. The lowest BCUT2D eigenvalue weighted by Gasteiger charge is -2.07. The number of nitrogens with one attached hydrogen (secondary N) is 2. The number of aromatic amines is 1. The van der Waals surface area contributed by atoms with Crippen molar-refractivity contribution in [3.63, 3.8) is 0 Å². The van der Waals surface area contributed by atoms with E-state index < -0.39 is 0 Å². The van der Waals surface area contributed by atoms with Gasteiger partial charge in [0.25, 0.3) is 5.56 Å². The van der Waals surface area contributed by atoms with Gasteiger partial charge in [0.1, 0.15) is 5.82 Å². The number of hydrogen-bond donors (Lipinski definition) is 2. The van der Waals surface area contributed by atoms with E-state index >= 15 is 0 Å². The minimum Gasteiger partial charge on any atom is -0.383 e. The van der Waals surface area contributed by atoms with Crippen LogP contribution in [0.5, 0.6) is 0 Å². The maximum Gasteiger partial charge on any atom is 0.251 e. The van der Waals surface area contributed by atoms with Crippen LogP contribution in [0.25, 0.3) is 0 Å². The molecule has 0 bridgehead atoms. The largest absolute Gasteiger partial charge is 0.383 e. The van der Waals surface area contributed by atoms with Gasteiger partial charge in [-0.3, -0.25) is 4.79 Å². The third kappa shape index (κ3) is 5.60. The molecule has 1 rings (SSSR count). The second-order valence-corrected chi connectivity index (χ2v) is 4.45. The highest BCUT2D eigenvalue weighted by Crippen LogP contribution is 2.01. The number of aromatic nitrogens is 2. The van der Waals surface area contributed by atoms with Crippen LogP contribution in [0.4, 0.5) is 0 Å². The summed E-state index contributed by atoms with van der Waals surface area (Å²) >= 11 is 0. The van der Waals surface area contributed by atoms with Crippen molar-refractivity contribution < 1.29 is 4.74 Å². The zero-order valence-corrected chi connectivity index (χ0v) is 10.7. The van der Waals surface area contributed by atoms with Gasteiger partial charge in [-0.25, -0.2) is 4.98 Å². The molecule has 0 saturated heterocycles. The third-order valence-electron chi connectivity index (χ3n) is 2.23. The first-order chi connectivity index (χ1) is 8.11. The summed E-state index contributed by atoms with van der Waals surface area (Å²) in [7, 11) is 1.66. The molecule has 0 aliphatic carbocycles. The molecule has 0 saturated carbocycles. The summed E-state index contributed by atoms with van der Waals surface area (Å²) in [5.74, 6) is 1.24. The van der Waals surface area contributed by atoms with Gasteiger partial charge in [0.05, 0.1) is 12.3 Å². The number of rotatable bonds is 7. The quantitative estimate of drug-likeness (QED) is 0.688. The van der Waals surface area contributed by atoms with Crippen LogP contribution in [0, 0.1) is 5.92 Å². The van der Waals surface area contributed by atoms with E-state index in [2.05, 4.69) is 29.1 Å². The highest BCUT2D eigenvalue weighted by molar-refractivity contribution is 5.03. The Morgan fingerprint density at radius 3 is 2.94 bits per heavy atom. The molecule has 0 aliphatic rings. The monoisotopic (exact) mass is 239 g/mol. The van der Waals surface area contributed by atoms with E-state index in [0.717, 1.165) is 24.5 Å². The fourth-order valence-electron chi connectivity index (χ4n) is 1.53. The Morgan fingerprint density at radius 1 is 1.53 bits per heavy atom. The van der Waals surface area contributed by atoms with Crippen LogP contribution in [-0.4, -0.2) is 30.2 Å². The molecule has 1 aromatic rings. The van der Waals surface area contributed by atoms with Crippen molar-refractivity contribution in [1.29, 1.82) is 0 Å². The average molecular weight is 239 g/mol. The van der Waals surface area contributed by atoms with Gasteiger partial charge in [0.15, 0.2) is 0 Å². The lowest BCUT2D eigenvalue weighted by Crippen LogP contribution is -2.22. The summed E-state index contributed by atoms with van der Waals surface area (Å²) in [4.78, 5) is 18.6. The normalized spacial score (nSPS) is 11.1. The predicted octanol–water partition coefficient (Wildman–Crippen LogP) is 0.704. The first-order valence-corrected chi connectivity index (χ1v) is 5.90. The molecule has 0 fully saturated rings. The summed E-state index contributed by atoms with van der Waals surface area (Å²) < 4.78 is 4.93. The minimum absolute atomic E-state index is 0.0841. The Kier molecular flexibility index (Phi) is 5.86. The number of ether oxygens (including phenoxy) is 1. The molecule has 0 amide bonds. The van der Waals surface area contributed by atoms with Crippen LogP contribution in [0.1, 0.15) is 25.4 Å². The van der Waals surface area contributed by atoms with E-state index in [1.165, 1.54) is 6.07 Å². The van der Waals surface area contributed by atoms with Crippen molar-refractivity contribution in [2.45, 2.75) is 26.8 Å². The highest BCUT2D eigenvalue weighted by Gasteiger charge is 2.03. The Morgan fingerprint density at radius 2 is 2.29 bits per heavy atom. The number of hydrogen-bond acceptors (Lipinski definition) is 4. The molecule has 1 aromatic heterocycles. The van der Waals surface area contributed by atoms with Gasteiger partial charge < -0.3 is 15.0 Å². The van der Waals surface area contributed by atoms with Crippen LogP contribution in [0.2, 0.25) is 0 Å².